The lowest BCUT2D eigenvalue weighted by Crippen LogP contribution is -2.35. The van der Waals surface area contributed by atoms with Gasteiger partial charge in [-0.1, -0.05) is 12.1 Å². The number of ether oxygens (including phenoxy) is 1. The van der Waals surface area contributed by atoms with Gasteiger partial charge in [0, 0.05) is 20.6 Å². The minimum atomic E-state index is -0.480. The van der Waals surface area contributed by atoms with E-state index in [1.165, 1.54) is 5.56 Å². The van der Waals surface area contributed by atoms with Crippen LogP contribution in [0.4, 0.5) is 0 Å². The number of nitrogens with two attached hydrogens (primary N) is 1. The predicted molar refractivity (Wildman–Crippen MR) is 75.3 cm³/mol. The maximum atomic E-state index is 10.6. The number of aliphatic imine (C=N–C) groups is 1. The molecule has 1 amide bonds. The maximum Gasteiger partial charge on any atom is 0.255 e. The van der Waals surface area contributed by atoms with Crippen molar-refractivity contribution in [3.8, 4) is 5.75 Å². The van der Waals surface area contributed by atoms with Crippen molar-refractivity contribution in [2.75, 3.05) is 27.2 Å². The summed E-state index contributed by atoms with van der Waals surface area (Å²) in [5.74, 6) is 0.926. The molecule has 19 heavy (non-hydrogen) atoms. The van der Waals surface area contributed by atoms with Crippen LogP contribution in [-0.4, -0.2) is 39.1 Å². The lowest BCUT2D eigenvalue weighted by molar-refractivity contribution is -0.119. The number of benzene rings is 1. The summed E-state index contributed by atoms with van der Waals surface area (Å²) in [7, 11) is 3.55. The number of nitrogens with one attached hydrogen (secondary N) is 2. The number of carbonyl (C=O) groups is 1. The highest BCUT2D eigenvalue weighted by atomic mass is 16.5. The quantitative estimate of drug-likeness (QED) is 0.494. The van der Waals surface area contributed by atoms with Crippen LogP contribution >= 0.6 is 0 Å². The Morgan fingerprint density at radius 2 is 2.05 bits per heavy atom. The van der Waals surface area contributed by atoms with Crippen LogP contribution in [0.2, 0.25) is 0 Å². The standard InChI is InChI=1S/C13H20N4O2/c1-15-13(16-2)17-8-7-10-3-5-11(6-4-10)19-9-12(14)18/h3-6H,7-9H2,1-2H3,(H2,14,18)(H2,15,16,17). The Bertz CT molecular complexity index is 429. The van der Waals surface area contributed by atoms with E-state index in [4.69, 9.17) is 10.5 Å². The first-order valence-electron chi connectivity index (χ1n) is 6.04. The second kappa shape index (κ2) is 7.97. The van der Waals surface area contributed by atoms with Crippen molar-refractivity contribution in [2.24, 2.45) is 10.7 Å². The minimum absolute atomic E-state index is 0.0978. The molecular weight excluding hydrogens is 244 g/mol. The minimum Gasteiger partial charge on any atom is -0.484 e. The number of amides is 1. The van der Waals surface area contributed by atoms with E-state index in [0.29, 0.717) is 5.75 Å². The molecule has 0 radical (unpaired) electrons. The molecule has 0 atom stereocenters. The molecule has 0 aliphatic heterocycles. The number of rotatable bonds is 6. The van der Waals surface area contributed by atoms with E-state index in [-0.39, 0.29) is 6.61 Å². The Labute approximate surface area is 113 Å². The number of primary amides is 1. The molecule has 104 valence electrons. The molecule has 6 heteroatoms. The molecule has 0 fully saturated rings. The number of hydrogen-bond acceptors (Lipinski definition) is 3. The van der Waals surface area contributed by atoms with E-state index >= 15 is 0 Å². The van der Waals surface area contributed by atoms with E-state index < -0.39 is 5.91 Å². The third-order valence-corrected chi connectivity index (χ3v) is 2.47. The fourth-order valence-corrected chi connectivity index (χ4v) is 1.51. The van der Waals surface area contributed by atoms with Crippen molar-refractivity contribution in [2.45, 2.75) is 6.42 Å². The number of guanidine groups is 1. The van der Waals surface area contributed by atoms with E-state index in [9.17, 15) is 4.79 Å². The summed E-state index contributed by atoms with van der Waals surface area (Å²) in [6.45, 7) is 0.689. The normalized spacial score (nSPS) is 10.9. The molecule has 6 nitrogen and oxygen atoms in total. The van der Waals surface area contributed by atoms with Gasteiger partial charge in [0.15, 0.2) is 12.6 Å². The summed E-state index contributed by atoms with van der Waals surface area (Å²) in [4.78, 5) is 14.6. The van der Waals surface area contributed by atoms with Gasteiger partial charge in [-0.2, -0.15) is 0 Å². The topological polar surface area (TPSA) is 88.7 Å². The first kappa shape index (κ1) is 14.8. The van der Waals surface area contributed by atoms with Crippen molar-refractivity contribution >= 4 is 11.9 Å². The van der Waals surface area contributed by atoms with Gasteiger partial charge in [0.25, 0.3) is 5.91 Å². The number of carbonyl (C=O) groups excluding carboxylic acids is 1. The molecule has 0 aliphatic carbocycles. The predicted octanol–water partition coefficient (Wildman–Crippen LogP) is -0.112. The Kier molecular flexibility index (Phi) is 6.21. The summed E-state index contributed by atoms with van der Waals surface area (Å²) in [5.41, 5.74) is 6.17. The highest BCUT2D eigenvalue weighted by molar-refractivity contribution is 5.79. The highest BCUT2D eigenvalue weighted by Crippen LogP contribution is 2.12. The van der Waals surface area contributed by atoms with E-state index in [1.807, 2.05) is 31.3 Å². The van der Waals surface area contributed by atoms with Gasteiger partial charge in [0.2, 0.25) is 0 Å². The fraction of sp³-hybridized carbons (Fsp3) is 0.385. The van der Waals surface area contributed by atoms with Crippen LogP contribution in [0.3, 0.4) is 0 Å². The van der Waals surface area contributed by atoms with E-state index in [0.717, 1.165) is 18.9 Å². The third-order valence-electron chi connectivity index (χ3n) is 2.47. The maximum absolute atomic E-state index is 10.6. The molecule has 0 heterocycles. The molecule has 1 rings (SSSR count). The van der Waals surface area contributed by atoms with Crippen molar-refractivity contribution in [1.29, 1.82) is 0 Å². The molecule has 0 aromatic heterocycles. The van der Waals surface area contributed by atoms with Gasteiger partial charge in [-0.25, -0.2) is 0 Å². The second-order valence-corrected chi connectivity index (χ2v) is 3.90. The van der Waals surface area contributed by atoms with Crippen LogP contribution in [0.1, 0.15) is 5.56 Å². The van der Waals surface area contributed by atoms with Crippen LogP contribution in [0.5, 0.6) is 5.75 Å². The van der Waals surface area contributed by atoms with Gasteiger partial charge < -0.3 is 21.1 Å². The van der Waals surface area contributed by atoms with Crippen LogP contribution in [0.25, 0.3) is 0 Å². The zero-order chi connectivity index (χ0) is 14.1. The molecule has 0 saturated heterocycles. The lowest BCUT2D eigenvalue weighted by Gasteiger charge is -2.09. The number of nitrogens with zero attached hydrogens (tertiary/aromatic N) is 1. The summed E-state index contributed by atoms with van der Waals surface area (Å²) >= 11 is 0. The van der Waals surface area contributed by atoms with E-state index in [2.05, 4.69) is 15.6 Å². The summed E-state index contributed by atoms with van der Waals surface area (Å²) in [6.07, 6.45) is 0.872. The molecule has 0 aliphatic rings. The number of hydrogen-bond donors (Lipinski definition) is 3. The fourth-order valence-electron chi connectivity index (χ4n) is 1.51. The van der Waals surface area contributed by atoms with Crippen molar-refractivity contribution in [1.82, 2.24) is 10.6 Å². The van der Waals surface area contributed by atoms with Crippen LogP contribution < -0.4 is 21.1 Å². The average Bonchev–Trinajstić information content (AvgIpc) is 2.42. The molecule has 1 aromatic rings. The SMILES string of the molecule is CN=C(NC)NCCc1ccc(OCC(N)=O)cc1. The van der Waals surface area contributed by atoms with Crippen LogP contribution in [0, 0.1) is 0 Å². The molecule has 1 aromatic carbocycles. The monoisotopic (exact) mass is 264 g/mol. The first-order valence-corrected chi connectivity index (χ1v) is 6.04. The first-order chi connectivity index (χ1) is 9.15. The van der Waals surface area contributed by atoms with Crippen LogP contribution in [0.15, 0.2) is 29.3 Å². The summed E-state index contributed by atoms with van der Waals surface area (Å²) in [6, 6.07) is 7.57. The highest BCUT2D eigenvalue weighted by Gasteiger charge is 1.99. The van der Waals surface area contributed by atoms with Gasteiger partial charge in [-0.3, -0.25) is 9.79 Å². The molecule has 0 bridgehead atoms. The van der Waals surface area contributed by atoms with Crippen molar-refractivity contribution < 1.29 is 9.53 Å². The van der Waals surface area contributed by atoms with Gasteiger partial charge in [0.1, 0.15) is 5.75 Å². The van der Waals surface area contributed by atoms with Gasteiger partial charge in [-0.05, 0) is 24.1 Å². The molecule has 0 unspecified atom stereocenters. The second-order valence-electron chi connectivity index (χ2n) is 3.90. The smallest absolute Gasteiger partial charge is 0.255 e. The van der Waals surface area contributed by atoms with Crippen molar-refractivity contribution in [3.05, 3.63) is 29.8 Å². The summed E-state index contributed by atoms with van der Waals surface area (Å²) in [5, 5.41) is 6.12. The Morgan fingerprint density at radius 3 is 2.58 bits per heavy atom. The lowest BCUT2D eigenvalue weighted by atomic mass is 10.1. The van der Waals surface area contributed by atoms with Crippen molar-refractivity contribution in [3.63, 3.8) is 0 Å². The Morgan fingerprint density at radius 1 is 1.37 bits per heavy atom. The average molecular weight is 264 g/mol. The van der Waals surface area contributed by atoms with Gasteiger partial charge in [0.05, 0.1) is 0 Å². The molecular formula is C13H20N4O2. The van der Waals surface area contributed by atoms with Gasteiger partial charge in [-0.15, -0.1) is 0 Å². The Hall–Kier alpha value is -2.24. The largest absolute Gasteiger partial charge is 0.484 e. The third kappa shape index (κ3) is 5.76. The zero-order valence-electron chi connectivity index (χ0n) is 11.3. The summed E-state index contributed by atoms with van der Waals surface area (Å²) < 4.78 is 5.18. The molecule has 0 saturated carbocycles. The molecule has 0 spiro atoms. The molecule has 4 N–H and O–H groups in total. The van der Waals surface area contributed by atoms with Gasteiger partial charge >= 0.3 is 0 Å². The van der Waals surface area contributed by atoms with Crippen LogP contribution in [-0.2, 0) is 11.2 Å². The Balaban J connectivity index is 2.38. The van der Waals surface area contributed by atoms with E-state index in [1.54, 1.807) is 7.05 Å². The zero-order valence-corrected chi connectivity index (χ0v) is 11.3.